The molecule has 1 aliphatic carbocycles. The lowest BCUT2D eigenvalue weighted by Gasteiger charge is -2.33. The van der Waals surface area contributed by atoms with Crippen LogP contribution in [0.2, 0.25) is 0 Å². The van der Waals surface area contributed by atoms with Gasteiger partial charge in [0.2, 0.25) is 5.91 Å². The molecule has 0 aromatic heterocycles. The summed E-state index contributed by atoms with van der Waals surface area (Å²) in [6.07, 6.45) is 4.30. The van der Waals surface area contributed by atoms with Crippen molar-refractivity contribution in [3.8, 4) is 11.5 Å². The quantitative estimate of drug-likeness (QED) is 0.807. The van der Waals surface area contributed by atoms with Crippen LogP contribution < -0.4 is 14.8 Å². The molecule has 2 aliphatic heterocycles. The Morgan fingerprint density at radius 3 is 2.48 bits per heavy atom. The number of ether oxygens (including phenoxy) is 2. The lowest BCUT2D eigenvalue weighted by molar-refractivity contribution is -0.127. The van der Waals surface area contributed by atoms with Crippen LogP contribution in [0.3, 0.4) is 0 Å². The zero-order chi connectivity index (χ0) is 20.9. The fourth-order valence-electron chi connectivity index (χ4n) is 4.94. The molecule has 1 saturated carbocycles. The second-order valence-corrected chi connectivity index (χ2v) is 10.7. The predicted molar refractivity (Wildman–Crippen MR) is 113 cm³/mol. The summed E-state index contributed by atoms with van der Waals surface area (Å²) in [5.41, 5.74) is 1.41. The highest BCUT2D eigenvalue weighted by Crippen LogP contribution is 2.58. The van der Waals surface area contributed by atoms with Crippen LogP contribution in [0.5, 0.6) is 11.5 Å². The molecular weight excluding hydrogens is 388 g/mol. The SMILES string of the molecule is COc1ccc2c(c1OC)C(=O)N1C2SC(C)(C)C1C(=O)NC1CCC(C)CC1. The number of amides is 2. The highest BCUT2D eigenvalue weighted by Gasteiger charge is 2.58. The molecule has 6 nitrogen and oxygen atoms in total. The molecule has 3 aliphatic rings. The van der Waals surface area contributed by atoms with E-state index in [1.807, 2.05) is 12.1 Å². The van der Waals surface area contributed by atoms with Crippen LogP contribution in [-0.2, 0) is 4.79 Å². The van der Waals surface area contributed by atoms with Gasteiger partial charge in [0.05, 0.1) is 19.8 Å². The fourth-order valence-corrected chi connectivity index (χ4v) is 6.52. The molecular formula is C22H30N2O4S. The predicted octanol–water partition coefficient (Wildman–Crippen LogP) is 3.75. The maximum atomic E-state index is 13.5. The Labute approximate surface area is 176 Å². The molecule has 2 heterocycles. The number of carbonyl (C=O) groups is 2. The molecule has 2 atom stereocenters. The molecule has 2 unspecified atom stereocenters. The highest BCUT2D eigenvalue weighted by atomic mass is 32.2. The molecule has 7 heteroatoms. The van der Waals surface area contributed by atoms with Gasteiger partial charge in [0.1, 0.15) is 11.4 Å². The number of fused-ring (bicyclic) bond motifs is 3. The molecule has 2 fully saturated rings. The normalized spacial score (nSPS) is 30.0. The lowest BCUT2D eigenvalue weighted by Crippen LogP contribution is -2.54. The van der Waals surface area contributed by atoms with Crippen LogP contribution in [0.15, 0.2) is 12.1 Å². The van der Waals surface area contributed by atoms with Crippen molar-refractivity contribution in [1.82, 2.24) is 10.2 Å². The number of hydrogen-bond acceptors (Lipinski definition) is 5. The summed E-state index contributed by atoms with van der Waals surface area (Å²) >= 11 is 1.66. The van der Waals surface area contributed by atoms with Gasteiger partial charge < -0.3 is 19.7 Å². The Kier molecular flexibility index (Phi) is 5.21. The summed E-state index contributed by atoms with van der Waals surface area (Å²) < 4.78 is 10.5. The van der Waals surface area contributed by atoms with Gasteiger partial charge >= 0.3 is 0 Å². The van der Waals surface area contributed by atoms with E-state index in [0.29, 0.717) is 17.1 Å². The molecule has 0 spiro atoms. The minimum Gasteiger partial charge on any atom is -0.493 e. The second-order valence-electron chi connectivity index (χ2n) is 8.92. The number of carbonyl (C=O) groups excluding carboxylic acids is 2. The summed E-state index contributed by atoms with van der Waals surface area (Å²) in [4.78, 5) is 28.6. The van der Waals surface area contributed by atoms with Crippen molar-refractivity contribution in [3.63, 3.8) is 0 Å². The van der Waals surface area contributed by atoms with Crippen LogP contribution in [0.25, 0.3) is 0 Å². The Balaban J connectivity index is 1.64. The molecule has 0 bridgehead atoms. The monoisotopic (exact) mass is 418 g/mol. The summed E-state index contributed by atoms with van der Waals surface area (Å²) in [5, 5.41) is 3.06. The van der Waals surface area contributed by atoms with Crippen molar-refractivity contribution < 1.29 is 19.1 Å². The van der Waals surface area contributed by atoms with E-state index in [1.54, 1.807) is 30.9 Å². The van der Waals surface area contributed by atoms with Crippen LogP contribution in [0.1, 0.15) is 67.7 Å². The summed E-state index contributed by atoms with van der Waals surface area (Å²) in [5.74, 6) is 1.50. The Morgan fingerprint density at radius 1 is 1.17 bits per heavy atom. The van der Waals surface area contributed by atoms with E-state index in [4.69, 9.17) is 9.47 Å². The zero-order valence-corrected chi connectivity index (χ0v) is 18.6. The van der Waals surface area contributed by atoms with E-state index >= 15 is 0 Å². The number of rotatable bonds is 4. The topological polar surface area (TPSA) is 67.9 Å². The average Bonchev–Trinajstić information content (AvgIpc) is 3.12. The third-order valence-corrected chi connectivity index (χ3v) is 8.04. The van der Waals surface area contributed by atoms with Gasteiger partial charge in [-0.1, -0.05) is 13.0 Å². The first-order chi connectivity index (χ1) is 13.8. The van der Waals surface area contributed by atoms with Crippen molar-refractivity contribution in [2.75, 3.05) is 14.2 Å². The van der Waals surface area contributed by atoms with Crippen molar-refractivity contribution in [1.29, 1.82) is 0 Å². The van der Waals surface area contributed by atoms with Crippen LogP contribution >= 0.6 is 11.8 Å². The summed E-state index contributed by atoms with van der Waals surface area (Å²) in [7, 11) is 3.10. The van der Waals surface area contributed by atoms with Crippen molar-refractivity contribution >= 4 is 23.6 Å². The van der Waals surface area contributed by atoms with Gasteiger partial charge in [0.15, 0.2) is 11.5 Å². The Bertz CT molecular complexity index is 832. The molecule has 1 aromatic carbocycles. The van der Waals surface area contributed by atoms with Gasteiger partial charge in [-0.05, 0) is 51.5 Å². The van der Waals surface area contributed by atoms with Crippen molar-refractivity contribution in [3.05, 3.63) is 23.3 Å². The smallest absolute Gasteiger partial charge is 0.260 e. The first kappa shape index (κ1) is 20.4. The molecule has 29 heavy (non-hydrogen) atoms. The number of thioether (sulfide) groups is 1. The van der Waals surface area contributed by atoms with Crippen LogP contribution in [0.4, 0.5) is 0 Å². The van der Waals surface area contributed by atoms with E-state index < -0.39 is 6.04 Å². The van der Waals surface area contributed by atoms with E-state index in [2.05, 4.69) is 26.1 Å². The van der Waals surface area contributed by atoms with E-state index in [9.17, 15) is 9.59 Å². The average molecular weight is 419 g/mol. The van der Waals surface area contributed by atoms with E-state index in [0.717, 1.165) is 37.2 Å². The molecule has 4 rings (SSSR count). The van der Waals surface area contributed by atoms with Gasteiger partial charge in [0.25, 0.3) is 5.91 Å². The number of hydrogen-bond donors (Lipinski definition) is 1. The lowest BCUT2D eigenvalue weighted by atomic mass is 9.87. The summed E-state index contributed by atoms with van der Waals surface area (Å²) in [6, 6.07) is 3.43. The fraction of sp³-hybridized carbons (Fsp3) is 0.636. The highest BCUT2D eigenvalue weighted by molar-refractivity contribution is 8.01. The van der Waals surface area contributed by atoms with Crippen molar-refractivity contribution in [2.24, 2.45) is 5.92 Å². The zero-order valence-electron chi connectivity index (χ0n) is 17.8. The van der Waals surface area contributed by atoms with Gasteiger partial charge in [0, 0.05) is 16.4 Å². The Morgan fingerprint density at radius 2 is 1.86 bits per heavy atom. The number of nitrogens with zero attached hydrogens (tertiary/aromatic N) is 1. The third-order valence-electron chi connectivity index (χ3n) is 6.51. The third kappa shape index (κ3) is 3.27. The number of nitrogens with one attached hydrogen (secondary N) is 1. The van der Waals surface area contributed by atoms with E-state index in [-0.39, 0.29) is 28.0 Å². The standard InChI is InChI=1S/C22H30N2O4S/c1-12-6-8-13(9-7-12)23-19(25)18-22(2,3)29-21-14-10-11-15(27-4)17(28-5)16(14)20(26)24(18)21/h10-13,18,21H,6-9H2,1-5H3,(H,23,25). The van der Waals surface area contributed by atoms with Gasteiger partial charge in [-0.2, -0.15) is 0 Å². The molecule has 158 valence electrons. The molecule has 0 radical (unpaired) electrons. The summed E-state index contributed by atoms with van der Waals surface area (Å²) in [6.45, 7) is 6.37. The largest absolute Gasteiger partial charge is 0.493 e. The maximum Gasteiger partial charge on any atom is 0.260 e. The maximum absolute atomic E-state index is 13.5. The molecule has 1 aromatic rings. The number of methoxy groups -OCH3 is 2. The first-order valence-corrected chi connectivity index (χ1v) is 11.2. The number of benzene rings is 1. The van der Waals surface area contributed by atoms with Crippen molar-refractivity contribution in [2.45, 2.75) is 68.7 Å². The van der Waals surface area contributed by atoms with Crippen LogP contribution in [0, 0.1) is 5.92 Å². The van der Waals surface area contributed by atoms with Gasteiger partial charge in [-0.25, -0.2) is 0 Å². The minimum absolute atomic E-state index is 0.0448. The molecule has 1 saturated heterocycles. The molecule has 2 amide bonds. The minimum atomic E-state index is -0.521. The second kappa shape index (κ2) is 7.42. The first-order valence-electron chi connectivity index (χ1n) is 10.3. The van der Waals surface area contributed by atoms with Crippen LogP contribution in [-0.4, -0.2) is 47.8 Å². The van der Waals surface area contributed by atoms with Gasteiger partial charge in [-0.3, -0.25) is 9.59 Å². The Hall–Kier alpha value is -1.89. The van der Waals surface area contributed by atoms with E-state index in [1.165, 1.54) is 0 Å². The van der Waals surface area contributed by atoms with Gasteiger partial charge in [-0.15, -0.1) is 11.8 Å². The molecule has 1 N–H and O–H groups in total.